The fourth-order valence-corrected chi connectivity index (χ4v) is 4.13. The van der Waals surface area contributed by atoms with Crippen molar-refractivity contribution in [3.05, 3.63) is 35.9 Å². The number of morpholine rings is 1. The van der Waals surface area contributed by atoms with Crippen LogP contribution in [-0.2, 0) is 14.9 Å². The average Bonchev–Trinajstić information content (AvgIpc) is 2.62. The lowest BCUT2D eigenvalue weighted by Gasteiger charge is -2.43. The predicted octanol–water partition coefficient (Wildman–Crippen LogP) is 2.06. The molecule has 0 radical (unpaired) electrons. The van der Waals surface area contributed by atoms with Crippen molar-refractivity contribution in [3.8, 4) is 0 Å². The molecule has 0 aromatic heterocycles. The molecule has 0 bridgehead atoms. The van der Waals surface area contributed by atoms with Crippen molar-refractivity contribution in [1.29, 1.82) is 0 Å². The Morgan fingerprint density at radius 2 is 1.87 bits per heavy atom. The van der Waals surface area contributed by atoms with Gasteiger partial charge in [0, 0.05) is 18.4 Å². The highest BCUT2D eigenvalue weighted by atomic mass is 16.5. The van der Waals surface area contributed by atoms with E-state index in [1.54, 1.807) is 4.90 Å². The summed E-state index contributed by atoms with van der Waals surface area (Å²) in [6.07, 6.45) is 3.98. The van der Waals surface area contributed by atoms with Gasteiger partial charge in [-0.1, -0.05) is 44.2 Å². The van der Waals surface area contributed by atoms with E-state index >= 15 is 0 Å². The molecule has 128 valence electrons. The van der Waals surface area contributed by atoms with Crippen LogP contribution in [0.2, 0.25) is 0 Å². The van der Waals surface area contributed by atoms with Gasteiger partial charge in [-0.25, -0.2) is 0 Å². The number of rotatable bonds is 5. The lowest BCUT2D eigenvalue weighted by molar-refractivity contribution is -0.908. The number of quaternary nitrogens is 1. The Bertz CT molecular complexity index is 470. The fraction of sp³-hybridized carbons (Fsp3) is 0.700. The number of nitrogens with one attached hydrogen (secondary N) is 1. The van der Waals surface area contributed by atoms with Gasteiger partial charge in [-0.2, -0.15) is 0 Å². The van der Waals surface area contributed by atoms with Gasteiger partial charge >= 0.3 is 0 Å². The molecule has 3 nitrogen and oxygen atoms in total. The Kier molecular flexibility index (Phi) is 5.73. The molecular formula is C20H32NO2+. The first kappa shape index (κ1) is 16.9. The molecule has 2 heterocycles. The van der Waals surface area contributed by atoms with E-state index in [1.165, 1.54) is 24.9 Å². The third-order valence-corrected chi connectivity index (χ3v) is 5.79. The molecule has 0 saturated carbocycles. The normalized spacial score (nSPS) is 29.8. The third kappa shape index (κ3) is 4.14. The summed E-state index contributed by atoms with van der Waals surface area (Å²) in [6.45, 7) is 10.9. The van der Waals surface area contributed by atoms with Crippen LogP contribution in [0, 0.1) is 5.92 Å². The minimum atomic E-state index is 0.291. The van der Waals surface area contributed by atoms with Crippen LogP contribution in [0.4, 0.5) is 0 Å². The van der Waals surface area contributed by atoms with Gasteiger partial charge in [-0.05, 0) is 24.3 Å². The van der Waals surface area contributed by atoms with E-state index in [0.717, 1.165) is 39.3 Å². The Morgan fingerprint density at radius 1 is 1.13 bits per heavy atom. The van der Waals surface area contributed by atoms with E-state index in [0.29, 0.717) is 17.4 Å². The topological polar surface area (TPSA) is 22.9 Å². The van der Waals surface area contributed by atoms with E-state index in [9.17, 15) is 0 Å². The van der Waals surface area contributed by atoms with E-state index in [2.05, 4.69) is 44.2 Å². The van der Waals surface area contributed by atoms with Gasteiger partial charge in [0.05, 0.1) is 25.9 Å². The van der Waals surface area contributed by atoms with E-state index in [1.807, 2.05) is 0 Å². The second kappa shape index (κ2) is 7.78. The van der Waals surface area contributed by atoms with Crippen LogP contribution in [0.3, 0.4) is 0 Å². The van der Waals surface area contributed by atoms with Gasteiger partial charge in [0.2, 0.25) is 0 Å². The third-order valence-electron chi connectivity index (χ3n) is 5.79. The second-order valence-corrected chi connectivity index (χ2v) is 7.62. The molecule has 0 aliphatic carbocycles. The number of benzene rings is 1. The zero-order valence-corrected chi connectivity index (χ0v) is 14.7. The Hall–Kier alpha value is -0.900. The summed E-state index contributed by atoms with van der Waals surface area (Å²) < 4.78 is 11.6. The SMILES string of the molecule is CC(C)[C@@H]1C[C@@](CC[NH+]2CCOCC2)(c2ccccc2)CCO1. The van der Waals surface area contributed by atoms with E-state index in [4.69, 9.17) is 9.47 Å². The lowest BCUT2D eigenvalue weighted by atomic mass is 9.68. The van der Waals surface area contributed by atoms with Crippen molar-refractivity contribution in [2.24, 2.45) is 5.92 Å². The first-order valence-corrected chi connectivity index (χ1v) is 9.28. The molecular weight excluding hydrogens is 286 g/mol. The predicted molar refractivity (Wildman–Crippen MR) is 92.9 cm³/mol. The molecule has 2 aliphatic rings. The lowest BCUT2D eigenvalue weighted by Crippen LogP contribution is -3.14. The van der Waals surface area contributed by atoms with Crippen LogP contribution in [-0.4, -0.2) is 45.6 Å². The summed E-state index contributed by atoms with van der Waals surface area (Å²) >= 11 is 0. The number of ether oxygens (including phenoxy) is 2. The quantitative estimate of drug-likeness (QED) is 0.898. The molecule has 2 aliphatic heterocycles. The van der Waals surface area contributed by atoms with Crippen LogP contribution in [0.25, 0.3) is 0 Å². The van der Waals surface area contributed by atoms with Crippen LogP contribution in [0.5, 0.6) is 0 Å². The zero-order valence-electron chi connectivity index (χ0n) is 14.7. The summed E-state index contributed by atoms with van der Waals surface area (Å²) in [5, 5.41) is 0. The summed E-state index contributed by atoms with van der Waals surface area (Å²) in [5.74, 6) is 0.592. The van der Waals surface area contributed by atoms with Gasteiger partial charge in [0.15, 0.2) is 0 Å². The first-order chi connectivity index (χ1) is 11.2. The molecule has 2 atom stereocenters. The van der Waals surface area contributed by atoms with Crippen LogP contribution in [0.1, 0.15) is 38.7 Å². The summed E-state index contributed by atoms with van der Waals surface area (Å²) in [5.41, 5.74) is 1.81. The van der Waals surface area contributed by atoms with Crippen molar-refractivity contribution in [3.63, 3.8) is 0 Å². The summed E-state index contributed by atoms with van der Waals surface area (Å²) in [4.78, 5) is 1.71. The zero-order chi connectivity index (χ0) is 16.1. The van der Waals surface area contributed by atoms with Gasteiger partial charge in [-0.15, -0.1) is 0 Å². The molecule has 3 rings (SSSR count). The Balaban J connectivity index is 1.75. The molecule has 2 saturated heterocycles. The molecule has 3 heteroatoms. The minimum absolute atomic E-state index is 0.291. The number of hydrogen-bond acceptors (Lipinski definition) is 2. The van der Waals surface area contributed by atoms with Gasteiger partial charge in [0.25, 0.3) is 0 Å². The highest BCUT2D eigenvalue weighted by Gasteiger charge is 2.40. The Morgan fingerprint density at radius 3 is 2.57 bits per heavy atom. The molecule has 1 N–H and O–H groups in total. The highest BCUT2D eigenvalue weighted by molar-refractivity contribution is 5.26. The smallest absolute Gasteiger partial charge is 0.101 e. The average molecular weight is 318 g/mol. The molecule has 0 unspecified atom stereocenters. The largest absolute Gasteiger partial charge is 0.378 e. The van der Waals surface area contributed by atoms with Crippen LogP contribution >= 0.6 is 0 Å². The molecule has 1 aromatic rings. The Labute approximate surface area is 141 Å². The molecule has 2 fully saturated rings. The fourth-order valence-electron chi connectivity index (χ4n) is 4.13. The maximum absolute atomic E-state index is 6.08. The number of hydrogen-bond donors (Lipinski definition) is 1. The standard InChI is InChI=1S/C20H31NO2/c1-17(2)19-16-20(9-13-23-19,18-6-4-3-5-7-18)8-10-21-11-14-22-15-12-21/h3-7,17,19H,8-16H2,1-2H3/p+1/t19-,20-/m0/s1. The molecule has 1 aromatic carbocycles. The highest BCUT2D eigenvalue weighted by Crippen LogP contribution is 2.41. The maximum atomic E-state index is 6.08. The van der Waals surface area contributed by atoms with Crippen molar-refractivity contribution in [1.82, 2.24) is 0 Å². The summed E-state index contributed by atoms with van der Waals surface area (Å²) in [7, 11) is 0. The van der Waals surface area contributed by atoms with Crippen molar-refractivity contribution >= 4 is 0 Å². The van der Waals surface area contributed by atoms with Gasteiger partial charge in [-0.3, -0.25) is 0 Å². The van der Waals surface area contributed by atoms with Crippen LogP contribution < -0.4 is 4.90 Å². The van der Waals surface area contributed by atoms with Crippen molar-refractivity contribution in [2.75, 3.05) is 39.5 Å². The van der Waals surface area contributed by atoms with Gasteiger partial charge in [0.1, 0.15) is 13.1 Å². The minimum Gasteiger partial charge on any atom is -0.378 e. The van der Waals surface area contributed by atoms with E-state index < -0.39 is 0 Å². The second-order valence-electron chi connectivity index (χ2n) is 7.62. The van der Waals surface area contributed by atoms with Crippen molar-refractivity contribution < 1.29 is 14.4 Å². The van der Waals surface area contributed by atoms with Gasteiger partial charge < -0.3 is 14.4 Å². The maximum Gasteiger partial charge on any atom is 0.101 e. The molecule has 23 heavy (non-hydrogen) atoms. The monoisotopic (exact) mass is 318 g/mol. The van der Waals surface area contributed by atoms with Crippen LogP contribution in [0.15, 0.2) is 30.3 Å². The van der Waals surface area contributed by atoms with E-state index in [-0.39, 0.29) is 0 Å². The van der Waals surface area contributed by atoms with Crippen molar-refractivity contribution in [2.45, 2.75) is 44.6 Å². The molecule has 0 spiro atoms. The summed E-state index contributed by atoms with van der Waals surface area (Å²) in [6, 6.07) is 11.2. The first-order valence-electron chi connectivity index (χ1n) is 9.28. The molecule has 0 amide bonds.